The Morgan fingerprint density at radius 3 is 2.56 bits per heavy atom. The maximum absolute atomic E-state index is 13.9. The van der Waals surface area contributed by atoms with Crippen LogP contribution in [0.4, 0.5) is 0 Å². The van der Waals surface area contributed by atoms with Crippen molar-refractivity contribution in [1.82, 2.24) is 35.1 Å². The number of halogens is 1. The number of hydrogen-bond donors (Lipinski definition) is 1. The van der Waals surface area contributed by atoms with Gasteiger partial charge in [-0.3, -0.25) is 14.7 Å². The van der Waals surface area contributed by atoms with Crippen molar-refractivity contribution in [1.29, 1.82) is 0 Å². The first kappa shape index (κ1) is 28.3. The Morgan fingerprint density at radius 1 is 0.953 bits per heavy atom. The summed E-state index contributed by atoms with van der Waals surface area (Å²) in [6, 6.07) is 28.7. The second-order valence-electron chi connectivity index (χ2n) is 10.3. The topological polar surface area (TPSA) is 102 Å². The van der Waals surface area contributed by atoms with Crippen molar-refractivity contribution in [3.63, 3.8) is 0 Å². The molecular formula is C33H30ClN7O2. The van der Waals surface area contributed by atoms with E-state index in [4.69, 9.17) is 16.3 Å². The first-order valence-corrected chi connectivity index (χ1v) is 14.3. The molecule has 0 bridgehead atoms. The maximum Gasteiger partial charge on any atom is 0.253 e. The van der Waals surface area contributed by atoms with Crippen molar-refractivity contribution in [3.05, 3.63) is 147 Å². The van der Waals surface area contributed by atoms with Gasteiger partial charge >= 0.3 is 0 Å². The number of benzene rings is 3. The van der Waals surface area contributed by atoms with E-state index >= 15 is 0 Å². The highest BCUT2D eigenvalue weighted by Crippen LogP contribution is 2.32. The molecule has 0 saturated carbocycles. The zero-order valence-electron chi connectivity index (χ0n) is 23.6. The second kappa shape index (κ2) is 13.0. The van der Waals surface area contributed by atoms with Crippen LogP contribution in [0.2, 0.25) is 5.02 Å². The third kappa shape index (κ3) is 6.48. The number of aromatic nitrogens is 6. The van der Waals surface area contributed by atoms with E-state index in [0.29, 0.717) is 47.3 Å². The van der Waals surface area contributed by atoms with Gasteiger partial charge in [0.05, 0.1) is 7.11 Å². The van der Waals surface area contributed by atoms with E-state index in [0.717, 1.165) is 22.9 Å². The van der Waals surface area contributed by atoms with Gasteiger partial charge in [0.2, 0.25) is 0 Å². The number of tetrazole rings is 1. The van der Waals surface area contributed by atoms with E-state index in [9.17, 15) is 4.79 Å². The summed E-state index contributed by atoms with van der Waals surface area (Å²) in [5.41, 5.74) is 4.05. The van der Waals surface area contributed by atoms with Crippen LogP contribution in [0.1, 0.15) is 34.1 Å². The van der Waals surface area contributed by atoms with Crippen molar-refractivity contribution in [2.24, 2.45) is 0 Å². The van der Waals surface area contributed by atoms with E-state index < -0.39 is 6.04 Å². The molecule has 6 rings (SSSR count). The minimum absolute atomic E-state index is 0.226. The van der Waals surface area contributed by atoms with Gasteiger partial charge in [0, 0.05) is 53.5 Å². The highest BCUT2D eigenvalue weighted by molar-refractivity contribution is 6.31. The summed E-state index contributed by atoms with van der Waals surface area (Å²) in [4.78, 5) is 23.4. The number of H-pyrrole nitrogens is 1. The van der Waals surface area contributed by atoms with Gasteiger partial charge in [0.15, 0.2) is 5.82 Å². The molecule has 43 heavy (non-hydrogen) atoms. The Morgan fingerprint density at radius 2 is 1.77 bits per heavy atom. The Bertz CT molecular complexity index is 1880. The van der Waals surface area contributed by atoms with Gasteiger partial charge in [-0.15, -0.1) is 5.10 Å². The molecule has 0 aliphatic rings. The van der Waals surface area contributed by atoms with Crippen LogP contribution in [-0.2, 0) is 26.1 Å². The van der Waals surface area contributed by atoms with Crippen LogP contribution in [0, 0.1) is 0 Å². The van der Waals surface area contributed by atoms with Gasteiger partial charge in [0.25, 0.3) is 5.56 Å². The summed E-state index contributed by atoms with van der Waals surface area (Å²) >= 11 is 6.67. The molecule has 3 aromatic carbocycles. The van der Waals surface area contributed by atoms with E-state index in [-0.39, 0.29) is 5.56 Å². The predicted octanol–water partition coefficient (Wildman–Crippen LogP) is 5.61. The summed E-state index contributed by atoms with van der Waals surface area (Å²) in [6.07, 6.45) is 4.29. The zero-order valence-corrected chi connectivity index (χ0v) is 24.4. The van der Waals surface area contributed by atoms with Crippen LogP contribution in [0.15, 0.2) is 108 Å². The van der Waals surface area contributed by atoms with E-state index in [1.807, 2.05) is 85.1 Å². The number of aryl methyl sites for hydroxylation is 2. The number of hydrogen-bond acceptors (Lipinski definition) is 7. The molecule has 3 aromatic heterocycles. The minimum atomic E-state index is -0.624. The molecule has 6 aromatic rings. The molecule has 10 heteroatoms. The average Bonchev–Trinajstić information content (AvgIpc) is 3.50. The van der Waals surface area contributed by atoms with Crippen molar-refractivity contribution in [3.8, 4) is 5.75 Å². The van der Waals surface area contributed by atoms with Crippen LogP contribution in [0.3, 0.4) is 0 Å². The monoisotopic (exact) mass is 591 g/mol. The lowest BCUT2D eigenvalue weighted by molar-refractivity contribution is 0.193. The molecular weight excluding hydrogens is 562 g/mol. The normalized spacial score (nSPS) is 12.1. The van der Waals surface area contributed by atoms with Crippen LogP contribution >= 0.6 is 11.6 Å². The molecule has 1 unspecified atom stereocenters. The molecule has 0 saturated heterocycles. The number of fused-ring (bicyclic) bond motifs is 1. The Balaban J connectivity index is 1.50. The van der Waals surface area contributed by atoms with Gasteiger partial charge in [-0.05, 0) is 69.9 Å². The molecule has 9 nitrogen and oxygen atoms in total. The number of pyridine rings is 2. The molecule has 0 amide bonds. The molecule has 0 aliphatic carbocycles. The molecule has 0 aliphatic heterocycles. The quantitative estimate of drug-likeness (QED) is 0.209. The fraction of sp³-hybridized carbons (Fsp3) is 0.182. The number of nitrogens with one attached hydrogen (secondary N) is 1. The Kier molecular flexibility index (Phi) is 8.53. The molecule has 1 N–H and O–H groups in total. The highest BCUT2D eigenvalue weighted by atomic mass is 35.5. The van der Waals surface area contributed by atoms with Crippen LogP contribution < -0.4 is 10.3 Å². The summed E-state index contributed by atoms with van der Waals surface area (Å²) in [7, 11) is 1.62. The van der Waals surface area contributed by atoms with Gasteiger partial charge in [0.1, 0.15) is 11.8 Å². The summed E-state index contributed by atoms with van der Waals surface area (Å²) < 4.78 is 7.26. The number of rotatable bonds is 11. The van der Waals surface area contributed by atoms with Gasteiger partial charge < -0.3 is 9.72 Å². The first-order chi connectivity index (χ1) is 21.1. The number of aromatic amines is 1. The molecule has 1 atom stereocenters. The van der Waals surface area contributed by atoms with Crippen molar-refractivity contribution >= 4 is 22.5 Å². The fourth-order valence-electron chi connectivity index (χ4n) is 5.29. The Labute approximate surface area is 253 Å². The largest absolute Gasteiger partial charge is 0.497 e. The van der Waals surface area contributed by atoms with Gasteiger partial charge in [-0.1, -0.05) is 66.2 Å². The second-order valence-corrected chi connectivity index (χ2v) is 10.7. The van der Waals surface area contributed by atoms with Crippen molar-refractivity contribution in [2.75, 3.05) is 7.11 Å². The lowest BCUT2D eigenvalue weighted by atomic mass is 10.0. The third-order valence-corrected chi connectivity index (χ3v) is 7.81. The molecule has 216 valence electrons. The van der Waals surface area contributed by atoms with E-state index in [1.54, 1.807) is 18.0 Å². The highest BCUT2D eigenvalue weighted by Gasteiger charge is 2.31. The fourth-order valence-corrected chi connectivity index (χ4v) is 5.48. The Hall–Kier alpha value is -4.86. The molecule has 0 spiro atoms. The maximum atomic E-state index is 13.9. The van der Waals surface area contributed by atoms with Gasteiger partial charge in [-0.25, -0.2) is 4.68 Å². The van der Waals surface area contributed by atoms with Crippen LogP contribution in [0.5, 0.6) is 5.75 Å². The molecule has 3 heterocycles. The average molecular weight is 592 g/mol. The molecule has 0 fully saturated rings. The number of methoxy groups -OCH3 is 1. The SMILES string of the molecule is COc1ccc2[nH]c(=O)c(C(c3nnnn3CCc3ccccc3)N(Cc3cccnc3)Cc3ccccc3Cl)cc2c1. The number of ether oxygens (including phenoxy) is 1. The third-order valence-electron chi connectivity index (χ3n) is 7.44. The van der Waals surface area contributed by atoms with E-state index in [2.05, 4.69) is 42.5 Å². The predicted molar refractivity (Wildman–Crippen MR) is 166 cm³/mol. The zero-order chi connectivity index (χ0) is 29.6. The standard InChI is InChI=1S/C33H30ClN7O2/c1-43-27-13-14-30-26(18-27)19-28(33(42)36-30)31(32-37-38-39-41(32)17-15-23-8-3-2-4-9-23)40(21-24-10-7-16-35-20-24)22-25-11-5-6-12-29(25)34/h2-14,16,18-20,31H,15,17,21-22H2,1H3,(H,36,42). The minimum Gasteiger partial charge on any atom is -0.497 e. The van der Waals surface area contributed by atoms with Crippen molar-refractivity contribution < 1.29 is 4.74 Å². The number of nitrogens with zero attached hydrogens (tertiary/aromatic N) is 6. The summed E-state index contributed by atoms with van der Waals surface area (Å²) in [5.74, 6) is 1.25. The first-order valence-electron chi connectivity index (χ1n) is 14.0. The van der Waals surface area contributed by atoms with Crippen molar-refractivity contribution in [2.45, 2.75) is 32.1 Å². The van der Waals surface area contributed by atoms with Crippen LogP contribution in [0.25, 0.3) is 10.9 Å². The lowest BCUT2D eigenvalue weighted by Gasteiger charge is -2.31. The smallest absolute Gasteiger partial charge is 0.253 e. The summed E-state index contributed by atoms with van der Waals surface area (Å²) in [6.45, 7) is 1.43. The van der Waals surface area contributed by atoms with E-state index in [1.165, 1.54) is 5.56 Å². The lowest BCUT2D eigenvalue weighted by Crippen LogP contribution is -2.35. The summed E-state index contributed by atoms with van der Waals surface area (Å²) in [5, 5.41) is 14.4. The molecule has 0 radical (unpaired) electrons. The van der Waals surface area contributed by atoms with Crippen LogP contribution in [-0.4, -0.2) is 42.2 Å². The van der Waals surface area contributed by atoms with Gasteiger partial charge in [-0.2, -0.15) is 0 Å².